The van der Waals surface area contributed by atoms with Crippen molar-refractivity contribution in [3.63, 3.8) is 0 Å². The fraction of sp³-hybridized carbons (Fsp3) is 0.462. The van der Waals surface area contributed by atoms with Crippen LogP contribution < -0.4 is 10.1 Å². The predicted octanol–water partition coefficient (Wildman–Crippen LogP) is 2.29. The van der Waals surface area contributed by atoms with Gasteiger partial charge in [-0.3, -0.25) is 0 Å². The quantitative estimate of drug-likeness (QED) is 0.816. The molecule has 1 unspecified atom stereocenters. The Bertz CT molecular complexity index is 415. The summed E-state index contributed by atoms with van der Waals surface area (Å²) in [4.78, 5) is 11.3. The summed E-state index contributed by atoms with van der Waals surface area (Å²) in [5.41, 5.74) is 2.94. The van der Waals surface area contributed by atoms with Crippen molar-refractivity contribution in [3.8, 4) is 5.75 Å². The Morgan fingerprint density at radius 1 is 1.29 bits per heavy atom. The molecule has 1 N–H and O–H groups in total. The summed E-state index contributed by atoms with van der Waals surface area (Å²) in [6, 6.07) is 3.51. The van der Waals surface area contributed by atoms with Gasteiger partial charge in [-0.05, 0) is 32.4 Å². The molecule has 1 rings (SSSR count). The van der Waals surface area contributed by atoms with E-state index in [0.717, 1.165) is 22.6 Å². The van der Waals surface area contributed by atoms with Gasteiger partial charge >= 0.3 is 5.97 Å². The first-order valence-corrected chi connectivity index (χ1v) is 5.49. The number of carbonyl (C=O) groups is 1. The second kappa shape index (κ2) is 5.57. The van der Waals surface area contributed by atoms with E-state index in [0.29, 0.717) is 0 Å². The van der Waals surface area contributed by atoms with Gasteiger partial charge < -0.3 is 14.8 Å². The lowest BCUT2D eigenvalue weighted by molar-refractivity contribution is -0.141. The van der Waals surface area contributed by atoms with Crippen LogP contribution in [0.2, 0.25) is 0 Å². The molecule has 0 amide bonds. The Hall–Kier alpha value is -1.71. The van der Waals surface area contributed by atoms with Gasteiger partial charge in [0, 0.05) is 11.3 Å². The van der Waals surface area contributed by atoms with Crippen LogP contribution in [0.1, 0.15) is 18.1 Å². The van der Waals surface area contributed by atoms with Crippen LogP contribution in [-0.2, 0) is 9.53 Å². The van der Waals surface area contributed by atoms with Crippen LogP contribution in [0.5, 0.6) is 5.75 Å². The molecule has 0 aliphatic carbocycles. The number of nitrogens with one attached hydrogen (secondary N) is 1. The van der Waals surface area contributed by atoms with E-state index in [1.165, 1.54) is 7.11 Å². The van der Waals surface area contributed by atoms with E-state index < -0.39 is 0 Å². The molecule has 0 radical (unpaired) electrons. The summed E-state index contributed by atoms with van der Waals surface area (Å²) < 4.78 is 10.0. The molecule has 0 aliphatic heterocycles. The molecule has 4 heteroatoms. The highest BCUT2D eigenvalue weighted by molar-refractivity contribution is 5.79. The molecule has 4 nitrogen and oxygen atoms in total. The minimum absolute atomic E-state index is 0.288. The number of methoxy groups -OCH3 is 2. The van der Waals surface area contributed by atoms with Gasteiger partial charge in [0.05, 0.1) is 14.2 Å². The highest BCUT2D eigenvalue weighted by Gasteiger charge is 2.15. The molecule has 1 aromatic rings. The third-order valence-electron chi connectivity index (χ3n) is 2.73. The van der Waals surface area contributed by atoms with Gasteiger partial charge in [-0.2, -0.15) is 0 Å². The number of carbonyl (C=O) groups excluding carboxylic acids is 1. The average Bonchev–Trinajstić information content (AvgIpc) is 2.32. The third-order valence-corrected chi connectivity index (χ3v) is 2.73. The lowest BCUT2D eigenvalue weighted by Crippen LogP contribution is -2.27. The Labute approximate surface area is 102 Å². The van der Waals surface area contributed by atoms with Crippen LogP contribution in [0.15, 0.2) is 12.1 Å². The molecular weight excluding hydrogens is 218 g/mol. The molecule has 0 saturated carbocycles. The number of aryl methyl sites for hydroxylation is 1. The summed E-state index contributed by atoms with van der Waals surface area (Å²) >= 11 is 0. The van der Waals surface area contributed by atoms with Crippen LogP contribution in [0.25, 0.3) is 0 Å². The van der Waals surface area contributed by atoms with E-state index >= 15 is 0 Å². The maximum absolute atomic E-state index is 11.3. The largest absolute Gasteiger partial charge is 0.496 e. The Kier molecular flexibility index (Phi) is 4.37. The number of hydrogen-bond donors (Lipinski definition) is 1. The maximum Gasteiger partial charge on any atom is 0.327 e. The van der Waals surface area contributed by atoms with Gasteiger partial charge in [-0.15, -0.1) is 0 Å². The van der Waals surface area contributed by atoms with Crippen LogP contribution >= 0.6 is 0 Å². The fourth-order valence-corrected chi connectivity index (χ4v) is 1.77. The molecule has 17 heavy (non-hydrogen) atoms. The summed E-state index contributed by atoms with van der Waals surface area (Å²) in [6.45, 7) is 5.70. The monoisotopic (exact) mass is 237 g/mol. The van der Waals surface area contributed by atoms with Crippen molar-refractivity contribution < 1.29 is 14.3 Å². The van der Waals surface area contributed by atoms with E-state index in [2.05, 4.69) is 10.1 Å². The third kappa shape index (κ3) is 2.90. The molecule has 0 bridgehead atoms. The SMILES string of the molecule is COC(=O)C(C)Nc1ccc(C)c(OC)c1C. The number of esters is 1. The van der Waals surface area contributed by atoms with Gasteiger partial charge in [0.15, 0.2) is 0 Å². The van der Waals surface area contributed by atoms with Crippen LogP contribution in [0.3, 0.4) is 0 Å². The topological polar surface area (TPSA) is 47.6 Å². The smallest absolute Gasteiger partial charge is 0.327 e. The molecular formula is C13H19NO3. The summed E-state index contributed by atoms with van der Waals surface area (Å²) in [5.74, 6) is 0.552. The number of ether oxygens (including phenoxy) is 2. The zero-order valence-electron chi connectivity index (χ0n) is 11.0. The van der Waals surface area contributed by atoms with E-state index in [-0.39, 0.29) is 12.0 Å². The van der Waals surface area contributed by atoms with Crippen LogP contribution in [0, 0.1) is 13.8 Å². The highest BCUT2D eigenvalue weighted by atomic mass is 16.5. The van der Waals surface area contributed by atoms with Gasteiger partial charge in [0.1, 0.15) is 11.8 Å². The first kappa shape index (κ1) is 13.4. The molecule has 1 aromatic carbocycles. The first-order chi connectivity index (χ1) is 8.01. The summed E-state index contributed by atoms with van der Waals surface area (Å²) in [7, 11) is 3.02. The lowest BCUT2D eigenvalue weighted by Gasteiger charge is -2.17. The van der Waals surface area contributed by atoms with Crippen molar-refractivity contribution in [2.24, 2.45) is 0 Å². The second-order valence-electron chi connectivity index (χ2n) is 3.98. The van der Waals surface area contributed by atoms with Crippen molar-refractivity contribution >= 4 is 11.7 Å². The van der Waals surface area contributed by atoms with Crippen LogP contribution in [0.4, 0.5) is 5.69 Å². The normalized spacial score (nSPS) is 11.8. The van der Waals surface area contributed by atoms with E-state index in [9.17, 15) is 4.79 Å². The minimum Gasteiger partial charge on any atom is -0.496 e. The van der Waals surface area contributed by atoms with E-state index in [4.69, 9.17) is 4.74 Å². The average molecular weight is 237 g/mol. The van der Waals surface area contributed by atoms with Crippen molar-refractivity contribution in [1.29, 1.82) is 0 Å². The number of benzene rings is 1. The lowest BCUT2D eigenvalue weighted by atomic mass is 10.1. The van der Waals surface area contributed by atoms with Gasteiger partial charge in [-0.25, -0.2) is 4.79 Å². The van der Waals surface area contributed by atoms with E-state index in [1.54, 1.807) is 14.0 Å². The Balaban J connectivity index is 2.96. The van der Waals surface area contributed by atoms with Gasteiger partial charge in [-0.1, -0.05) is 6.07 Å². The minimum atomic E-state index is -0.383. The fourth-order valence-electron chi connectivity index (χ4n) is 1.77. The Morgan fingerprint density at radius 2 is 1.94 bits per heavy atom. The second-order valence-corrected chi connectivity index (χ2v) is 3.98. The molecule has 0 spiro atoms. The van der Waals surface area contributed by atoms with Gasteiger partial charge in [0.25, 0.3) is 0 Å². The molecule has 0 aliphatic rings. The number of hydrogen-bond acceptors (Lipinski definition) is 4. The molecule has 0 aromatic heterocycles. The maximum atomic E-state index is 11.3. The Morgan fingerprint density at radius 3 is 2.47 bits per heavy atom. The summed E-state index contributed by atoms with van der Waals surface area (Å²) in [6.07, 6.45) is 0. The van der Waals surface area contributed by atoms with Crippen molar-refractivity contribution in [2.75, 3.05) is 19.5 Å². The highest BCUT2D eigenvalue weighted by Crippen LogP contribution is 2.29. The van der Waals surface area contributed by atoms with E-state index in [1.807, 2.05) is 26.0 Å². The van der Waals surface area contributed by atoms with Crippen LogP contribution in [-0.4, -0.2) is 26.2 Å². The first-order valence-electron chi connectivity index (χ1n) is 5.49. The molecule has 94 valence electrons. The summed E-state index contributed by atoms with van der Waals surface area (Å²) in [5, 5.41) is 3.11. The van der Waals surface area contributed by atoms with Gasteiger partial charge in [0.2, 0.25) is 0 Å². The van der Waals surface area contributed by atoms with Crippen molar-refractivity contribution in [1.82, 2.24) is 0 Å². The number of anilines is 1. The predicted molar refractivity (Wildman–Crippen MR) is 67.6 cm³/mol. The molecule has 0 heterocycles. The zero-order valence-corrected chi connectivity index (χ0v) is 11.0. The number of rotatable bonds is 4. The van der Waals surface area contributed by atoms with Crippen molar-refractivity contribution in [3.05, 3.63) is 23.3 Å². The zero-order chi connectivity index (χ0) is 13.0. The molecule has 0 fully saturated rings. The standard InChI is InChI=1S/C13H19NO3/c1-8-6-7-11(9(2)12(8)16-4)14-10(3)13(15)17-5/h6-7,10,14H,1-5H3. The molecule has 0 saturated heterocycles. The van der Waals surface area contributed by atoms with Crippen molar-refractivity contribution in [2.45, 2.75) is 26.8 Å². The molecule has 1 atom stereocenters.